The maximum absolute atomic E-state index is 13.6. The summed E-state index contributed by atoms with van der Waals surface area (Å²) in [5.41, 5.74) is 1.80. The van der Waals surface area contributed by atoms with Crippen LogP contribution >= 0.6 is 0 Å². The number of nitrogens with one attached hydrogen (secondary N) is 1. The predicted octanol–water partition coefficient (Wildman–Crippen LogP) is 4.81. The number of hydrogen-bond donors (Lipinski definition) is 2. The molecular weight excluding hydrogens is 562 g/mol. The lowest BCUT2D eigenvalue weighted by Gasteiger charge is -2.30. The van der Waals surface area contributed by atoms with Crippen molar-refractivity contribution in [3.8, 4) is 6.07 Å². The molecule has 4 rings (SSSR count). The Morgan fingerprint density at radius 2 is 1.49 bits per heavy atom. The number of likely N-dealkylation sites (tertiary alicyclic amines) is 1. The van der Waals surface area contributed by atoms with Gasteiger partial charge in [0.1, 0.15) is 6.04 Å². The third kappa shape index (κ3) is 6.98. The van der Waals surface area contributed by atoms with Gasteiger partial charge in [0.25, 0.3) is 0 Å². The van der Waals surface area contributed by atoms with E-state index in [1.807, 2.05) is 60.7 Å². The molecule has 0 aliphatic carbocycles. The summed E-state index contributed by atoms with van der Waals surface area (Å²) in [6, 6.07) is 28.0. The zero-order chi connectivity index (χ0) is 31.0. The number of nitriles is 1. The van der Waals surface area contributed by atoms with Crippen molar-refractivity contribution in [1.82, 2.24) is 10.2 Å². The minimum Gasteiger partial charge on any atom is -0.391 e. The Labute approximate surface area is 254 Å². The van der Waals surface area contributed by atoms with E-state index in [9.17, 15) is 28.4 Å². The highest BCUT2D eigenvalue weighted by Gasteiger charge is 2.47. The normalized spacial score (nSPS) is 18.3. The number of benzene rings is 3. The van der Waals surface area contributed by atoms with Crippen LogP contribution in [-0.2, 0) is 19.4 Å². The molecule has 3 aromatic rings. The number of aliphatic hydroxyl groups excluding tert-OH is 1. The molecule has 2 amide bonds. The van der Waals surface area contributed by atoms with Crippen LogP contribution in [0.15, 0.2) is 95.9 Å². The Kier molecular flexibility index (Phi) is 10.4. The molecule has 1 aliphatic heterocycles. The summed E-state index contributed by atoms with van der Waals surface area (Å²) in [7, 11) is -3.96. The topological polar surface area (TPSA) is 128 Å². The van der Waals surface area contributed by atoms with Crippen LogP contribution in [0.25, 0.3) is 0 Å². The van der Waals surface area contributed by atoms with Crippen molar-refractivity contribution in [2.24, 2.45) is 5.92 Å². The third-order valence-electron chi connectivity index (χ3n) is 8.30. The van der Waals surface area contributed by atoms with Gasteiger partial charge in [-0.1, -0.05) is 99.1 Å². The number of hydrogen-bond acceptors (Lipinski definition) is 6. The summed E-state index contributed by atoms with van der Waals surface area (Å²) < 4.78 is 25.5. The molecule has 0 saturated carbocycles. The Hall–Kier alpha value is -4.00. The van der Waals surface area contributed by atoms with E-state index in [2.05, 4.69) is 11.4 Å². The standard InChI is InChI=1S/C34H39N3O5S/c1-25(2)34(24-35,43(41,42)29-18-10-5-11-19-29)21-13-12-20-31(39)37-23-28(38)22-30(37)33(40)36-32(26-14-6-3-7-15-26)27-16-8-4-9-17-27/h3-11,14-19,25,28,30,32,38H,12-13,20-23H2,1-2H3,(H,36,40)/t28-,30+,34?/m0/s1. The number of nitrogens with zero attached hydrogens (tertiary/aromatic N) is 2. The van der Waals surface area contributed by atoms with E-state index < -0.39 is 38.7 Å². The number of β-amino-alcohol motifs (C(OH)–C–C–N with tert-alkyl or cyclic N) is 1. The lowest BCUT2D eigenvalue weighted by molar-refractivity contribution is -0.138. The molecule has 1 unspecified atom stereocenters. The first-order valence-corrected chi connectivity index (χ1v) is 16.2. The number of carbonyl (C=O) groups is 2. The largest absolute Gasteiger partial charge is 0.391 e. The maximum Gasteiger partial charge on any atom is 0.243 e. The highest BCUT2D eigenvalue weighted by Crippen LogP contribution is 2.37. The average molecular weight is 602 g/mol. The minimum atomic E-state index is -3.96. The van der Waals surface area contributed by atoms with E-state index in [1.165, 1.54) is 17.0 Å². The molecule has 2 N–H and O–H groups in total. The SMILES string of the molecule is CC(C)C(C#N)(CCCCC(=O)N1C[C@@H](O)C[C@@H]1C(=O)NC(c1ccccc1)c1ccccc1)S(=O)(=O)c1ccccc1. The van der Waals surface area contributed by atoms with Crippen LogP contribution in [-0.4, -0.2) is 53.7 Å². The molecule has 0 bridgehead atoms. The van der Waals surface area contributed by atoms with Gasteiger partial charge in [-0.2, -0.15) is 5.26 Å². The van der Waals surface area contributed by atoms with Crippen LogP contribution in [0, 0.1) is 17.2 Å². The van der Waals surface area contributed by atoms with Crippen LogP contribution in [0.2, 0.25) is 0 Å². The second kappa shape index (κ2) is 14.0. The van der Waals surface area contributed by atoms with E-state index in [0.29, 0.717) is 12.8 Å². The van der Waals surface area contributed by atoms with Crippen molar-refractivity contribution >= 4 is 21.7 Å². The zero-order valence-electron chi connectivity index (χ0n) is 24.6. The Morgan fingerprint density at radius 3 is 2.00 bits per heavy atom. The van der Waals surface area contributed by atoms with Gasteiger partial charge in [-0.05, 0) is 42.0 Å². The molecular formula is C34H39N3O5S. The van der Waals surface area contributed by atoms with E-state index in [0.717, 1.165) is 11.1 Å². The fraction of sp³-hybridized carbons (Fsp3) is 0.382. The molecule has 0 spiro atoms. The van der Waals surface area contributed by atoms with Gasteiger partial charge < -0.3 is 15.3 Å². The summed E-state index contributed by atoms with van der Waals surface area (Å²) in [4.78, 5) is 28.4. The number of sulfone groups is 1. The molecule has 3 aromatic carbocycles. The quantitative estimate of drug-likeness (QED) is 0.287. The van der Waals surface area contributed by atoms with E-state index in [1.54, 1.807) is 32.0 Å². The molecule has 43 heavy (non-hydrogen) atoms. The molecule has 0 radical (unpaired) electrons. The Balaban J connectivity index is 1.43. The molecule has 3 atom stereocenters. The van der Waals surface area contributed by atoms with Crippen LogP contribution in [0.4, 0.5) is 0 Å². The minimum absolute atomic E-state index is 0.0504. The average Bonchev–Trinajstić information content (AvgIpc) is 3.42. The number of rotatable bonds is 12. The van der Waals surface area contributed by atoms with E-state index in [-0.39, 0.29) is 42.5 Å². The van der Waals surface area contributed by atoms with Gasteiger partial charge in [0.05, 0.1) is 23.1 Å². The summed E-state index contributed by atoms with van der Waals surface area (Å²) in [6.45, 7) is 3.50. The van der Waals surface area contributed by atoms with Gasteiger partial charge in [-0.25, -0.2) is 8.42 Å². The molecule has 1 saturated heterocycles. The first kappa shape index (κ1) is 31.9. The molecule has 9 heteroatoms. The van der Waals surface area contributed by atoms with Crippen molar-refractivity contribution in [3.05, 3.63) is 102 Å². The molecule has 1 aliphatic rings. The fourth-order valence-corrected chi connectivity index (χ4v) is 7.91. The predicted molar refractivity (Wildman–Crippen MR) is 164 cm³/mol. The Bertz CT molecular complexity index is 1480. The van der Waals surface area contributed by atoms with Gasteiger partial charge in [-0.3, -0.25) is 9.59 Å². The van der Waals surface area contributed by atoms with Crippen molar-refractivity contribution in [2.75, 3.05) is 6.54 Å². The lowest BCUT2D eigenvalue weighted by Crippen LogP contribution is -2.47. The highest BCUT2D eigenvalue weighted by atomic mass is 32.2. The van der Waals surface area contributed by atoms with Crippen LogP contribution in [0.1, 0.15) is 63.1 Å². The van der Waals surface area contributed by atoms with Crippen molar-refractivity contribution < 1.29 is 23.1 Å². The van der Waals surface area contributed by atoms with Crippen molar-refractivity contribution in [1.29, 1.82) is 5.26 Å². The molecule has 1 heterocycles. The first-order valence-electron chi connectivity index (χ1n) is 14.7. The summed E-state index contributed by atoms with van der Waals surface area (Å²) >= 11 is 0. The van der Waals surface area contributed by atoms with Gasteiger partial charge in [-0.15, -0.1) is 0 Å². The van der Waals surface area contributed by atoms with Gasteiger partial charge in [0, 0.05) is 19.4 Å². The van der Waals surface area contributed by atoms with Crippen LogP contribution < -0.4 is 5.32 Å². The Morgan fingerprint density at radius 1 is 0.953 bits per heavy atom. The fourth-order valence-electron chi connectivity index (χ4n) is 5.82. The lowest BCUT2D eigenvalue weighted by atomic mass is 9.90. The van der Waals surface area contributed by atoms with E-state index >= 15 is 0 Å². The monoisotopic (exact) mass is 601 g/mol. The molecule has 1 fully saturated rings. The van der Waals surface area contributed by atoms with Gasteiger partial charge in [0.15, 0.2) is 14.6 Å². The summed E-state index contributed by atoms with van der Waals surface area (Å²) in [6.07, 6.45) is 0.136. The van der Waals surface area contributed by atoms with Gasteiger partial charge in [0.2, 0.25) is 11.8 Å². The van der Waals surface area contributed by atoms with Crippen LogP contribution in [0.5, 0.6) is 0 Å². The number of carbonyl (C=O) groups excluding carboxylic acids is 2. The van der Waals surface area contributed by atoms with Gasteiger partial charge >= 0.3 is 0 Å². The summed E-state index contributed by atoms with van der Waals surface area (Å²) in [5, 5.41) is 23.6. The molecule has 0 aromatic heterocycles. The smallest absolute Gasteiger partial charge is 0.243 e. The zero-order valence-corrected chi connectivity index (χ0v) is 25.4. The van der Waals surface area contributed by atoms with Crippen molar-refractivity contribution in [3.63, 3.8) is 0 Å². The highest BCUT2D eigenvalue weighted by molar-refractivity contribution is 7.93. The number of aliphatic hydroxyl groups is 1. The second-order valence-electron chi connectivity index (χ2n) is 11.4. The number of unbranched alkanes of at least 4 members (excludes halogenated alkanes) is 1. The third-order valence-corrected chi connectivity index (χ3v) is 10.9. The summed E-state index contributed by atoms with van der Waals surface area (Å²) in [5.74, 6) is -1.10. The van der Waals surface area contributed by atoms with Crippen LogP contribution in [0.3, 0.4) is 0 Å². The number of amides is 2. The maximum atomic E-state index is 13.6. The second-order valence-corrected chi connectivity index (χ2v) is 13.6. The molecule has 226 valence electrons. The first-order chi connectivity index (χ1) is 20.6. The molecule has 8 nitrogen and oxygen atoms in total. The van der Waals surface area contributed by atoms with Crippen molar-refractivity contribution in [2.45, 2.75) is 73.8 Å². The van der Waals surface area contributed by atoms with E-state index in [4.69, 9.17) is 0 Å².